The highest BCUT2D eigenvalue weighted by atomic mass is 32.1. The van der Waals surface area contributed by atoms with E-state index in [0.29, 0.717) is 58.2 Å². The summed E-state index contributed by atoms with van der Waals surface area (Å²) in [4.78, 5) is 13.0. The molecule has 0 unspecified atom stereocenters. The third-order valence-electron chi connectivity index (χ3n) is 7.11. The van der Waals surface area contributed by atoms with Gasteiger partial charge in [-0.15, -0.1) is 0 Å². The van der Waals surface area contributed by atoms with Crippen LogP contribution in [-0.4, -0.2) is 38.3 Å². The van der Waals surface area contributed by atoms with Gasteiger partial charge in [0, 0.05) is 23.6 Å². The fraction of sp³-hybridized carbons (Fsp3) is 0.129. The van der Waals surface area contributed by atoms with E-state index in [1.54, 1.807) is 17.7 Å². The van der Waals surface area contributed by atoms with E-state index in [2.05, 4.69) is 8.75 Å². The van der Waals surface area contributed by atoms with E-state index >= 15 is 0 Å². The zero-order valence-electron chi connectivity index (χ0n) is 21.9. The van der Waals surface area contributed by atoms with E-state index in [0.717, 1.165) is 33.9 Å². The molecule has 3 heterocycles. The molecular formula is C31H23N3O6S. The Labute approximate surface area is 238 Å². The number of fused-ring (bicyclic) bond motifs is 3. The van der Waals surface area contributed by atoms with Crippen molar-refractivity contribution in [3.8, 4) is 34.1 Å². The molecule has 1 aliphatic rings. The molecule has 2 aromatic heterocycles. The smallest absolute Gasteiger partial charge is 0.353 e. The van der Waals surface area contributed by atoms with Gasteiger partial charge in [-0.2, -0.15) is 8.75 Å². The topological polar surface area (TPSA) is 105 Å². The maximum Gasteiger partial charge on any atom is 0.353 e. The van der Waals surface area contributed by atoms with Crippen molar-refractivity contribution in [2.75, 3.05) is 13.9 Å². The first-order valence-corrected chi connectivity index (χ1v) is 13.6. The molecule has 0 aliphatic carbocycles. The average Bonchev–Trinajstić information content (AvgIpc) is 3.73. The van der Waals surface area contributed by atoms with Crippen LogP contribution < -0.4 is 18.9 Å². The molecule has 0 fully saturated rings. The summed E-state index contributed by atoms with van der Waals surface area (Å²) in [6.45, 7) is 0.745. The lowest BCUT2D eigenvalue weighted by Crippen LogP contribution is -2.10. The Morgan fingerprint density at radius 3 is 2.59 bits per heavy atom. The van der Waals surface area contributed by atoms with E-state index in [1.165, 1.54) is 0 Å². The molecule has 1 aliphatic heterocycles. The number of carboxylic acid groups (broad SMARTS) is 1. The molecule has 4 aromatic carbocycles. The van der Waals surface area contributed by atoms with Crippen LogP contribution in [0.2, 0.25) is 0 Å². The number of aromatic nitrogens is 3. The number of hydrogen-bond donors (Lipinski definition) is 1. The van der Waals surface area contributed by atoms with Gasteiger partial charge in [-0.25, -0.2) is 4.79 Å². The van der Waals surface area contributed by atoms with E-state index in [1.807, 2.05) is 72.8 Å². The lowest BCUT2D eigenvalue weighted by atomic mass is 10.0. The predicted octanol–water partition coefficient (Wildman–Crippen LogP) is 6.38. The third-order valence-corrected chi connectivity index (χ3v) is 7.67. The minimum absolute atomic E-state index is 0.121. The molecule has 0 amide bonds. The van der Waals surface area contributed by atoms with Crippen LogP contribution >= 0.6 is 11.7 Å². The number of nitrogens with zero attached hydrogens (tertiary/aromatic N) is 3. The van der Waals surface area contributed by atoms with Gasteiger partial charge in [0.1, 0.15) is 23.3 Å². The number of methoxy groups -OCH3 is 1. The Kier molecular flexibility index (Phi) is 6.16. The van der Waals surface area contributed by atoms with Crippen LogP contribution in [0, 0.1) is 0 Å². The first-order valence-electron chi connectivity index (χ1n) is 12.8. The monoisotopic (exact) mass is 565 g/mol. The Morgan fingerprint density at radius 1 is 0.927 bits per heavy atom. The highest BCUT2D eigenvalue weighted by Crippen LogP contribution is 2.44. The maximum atomic E-state index is 13.0. The van der Waals surface area contributed by atoms with E-state index in [9.17, 15) is 9.90 Å². The number of aromatic carboxylic acids is 1. The minimum Gasteiger partial charge on any atom is -0.493 e. The molecule has 204 valence electrons. The largest absolute Gasteiger partial charge is 0.493 e. The van der Waals surface area contributed by atoms with Crippen LogP contribution in [0.25, 0.3) is 33.1 Å². The van der Waals surface area contributed by atoms with Gasteiger partial charge in [0.15, 0.2) is 23.0 Å². The van der Waals surface area contributed by atoms with Crippen molar-refractivity contribution in [3.05, 3.63) is 95.7 Å². The molecule has 0 atom stereocenters. The van der Waals surface area contributed by atoms with Crippen LogP contribution in [0.3, 0.4) is 0 Å². The number of rotatable bonds is 8. The van der Waals surface area contributed by atoms with Gasteiger partial charge < -0.3 is 28.6 Å². The van der Waals surface area contributed by atoms with Gasteiger partial charge in [0.05, 0.1) is 24.4 Å². The summed E-state index contributed by atoms with van der Waals surface area (Å²) in [5.41, 5.74) is 5.53. The molecule has 6 aromatic rings. The number of hydrogen-bond acceptors (Lipinski definition) is 8. The van der Waals surface area contributed by atoms with Crippen molar-refractivity contribution in [2.45, 2.75) is 13.2 Å². The van der Waals surface area contributed by atoms with E-state index < -0.39 is 5.97 Å². The lowest BCUT2D eigenvalue weighted by Gasteiger charge is -2.13. The quantitative estimate of drug-likeness (QED) is 0.227. The number of ether oxygens (including phenoxy) is 4. The second kappa shape index (κ2) is 10.1. The number of carbonyl (C=O) groups is 1. The minimum atomic E-state index is -1.06. The average molecular weight is 566 g/mol. The third kappa shape index (κ3) is 4.48. The van der Waals surface area contributed by atoms with Crippen molar-refractivity contribution in [1.29, 1.82) is 0 Å². The van der Waals surface area contributed by atoms with Crippen molar-refractivity contribution in [2.24, 2.45) is 0 Å². The summed E-state index contributed by atoms with van der Waals surface area (Å²) in [6.07, 6.45) is 0. The Bertz CT molecular complexity index is 1930. The molecule has 7 rings (SSSR count). The predicted molar refractivity (Wildman–Crippen MR) is 154 cm³/mol. The Morgan fingerprint density at radius 2 is 1.76 bits per heavy atom. The van der Waals surface area contributed by atoms with Crippen LogP contribution in [0.5, 0.6) is 23.0 Å². The molecule has 9 nitrogen and oxygen atoms in total. The Balaban J connectivity index is 1.43. The molecule has 10 heteroatoms. The van der Waals surface area contributed by atoms with Crippen LogP contribution in [-0.2, 0) is 13.2 Å². The van der Waals surface area contributed by atoms with Crippen molar-refractivity contribution < 1.29 is 28.8 Å². The second-order valence-electron chi connectivity index (χ2n) is 9.56. The van der Waals surface area contributed by atoms with Crippen molar-refractivity contribution in [1.82, 2.24) is 13.3 Å². The van der Waals surface area contributed by atoms with E-state index in [-0.39, 0.29) is 12.5 Å². The summed E-state index contributed by atoms with van der Waals surface area (Å²) in [5.74, 6) is 1.14. The van der Waals surface area contributed by atoms with Crippen LogP contribution in [0.1, 0.15) is 21.6 Å². The SMILES string of the molecule is COc1cc2c(-c3ccc4c(c3)OCO4)c(C(=O)O)n(Cc3ccc4nsnc4c3)c2cc1OCc1ccccc1. The fourth-order valence-corrected chi connectivity index (χ4v) is 5.72. The second-order valence-corrected chi connectivity index (χ2v) is 10.1. The summed E-state index contributed by atoms with van der Waals surface area (Å²) in [6, 6.07) is 24.7. The summed E-state index contributed by atoms with van der Waals surface area (Å²) in [7, 11) is 1.57. The standard InChI is InChI=1S/C31H23N3O6S/c1-37-26-13-21-24(14-28(26)38-16-18-5-3-2-4-6-18)34(15-19-7-9-22-23(11-19)33-41-32-22)30(31(35)36)29(21)20-8-10-25-27(12-20)40-17-39-25/h2-14H,15-17H2,1H3,(H,35,36). The highest BCUT2D eigenvalue weighted by Gasteiger charge is 2.27. The van der Waals surface area contributed by atoms with Gasteiger partial charge in [-0.05, 0) is 47.0 Å². The molecule has 41 heavy (non-hydrogen) atoms. The molecule has 0 saturated carbocycles. The number of carboxylic acids is 1. The molecule has 0 radical (unpaired) electrons. The first-order chi connectivity index (χ1) is 20.1. The lowest BCUT2D eigenvalue weighted by molar-refractivity contribution is 0.0687. The molecule has 0 spiro atoms. The number of benzene rings is 4. The van der Waals surface area contributed by atoms with Crippen molar-refractivity contribution in [3.63, 3.8) is 0 Å². The molecule has 1 N–H and O–H groups in total. The summed E-state index contributed by atoms with van der Waals surface area (Å²) < 4.78 is 33.5. The summed E-state index contributed by atoms with van der Waals surface area (Å²) >= 11 is 1.15. The van der Waals surface area contributed by atoms with Crippen LogP contribution in [0.4, 0.5) is 0 Å². The zero-order valence-corrected chi connectivity index (χ0v) is 22.7. The van der Waals surface area contributed by atoms with Crippen LogP contribution in [0.15, 0.2) is 78.9 Å². The highest BCUT2D eigenvalue weighted by molar-refractivity contribution is 7.00. The van der Waals surface area contributed by atoms with Gasteiger partial charge >= 0.3 is 5.97 Å². The van der Waals surface area contributed by atoms with Crippen molar-refractivity contribution >= 4 is 39.6 Å². The van der Waals surface area contributed by atoms with Gasteiger partial charge in [0.2, 0.25) is 6.79 Å². The van der Waals surface area contributed by atoms with Gasteiger partial charge in [-0.3, -0.25) is 0 Å². The normalized spacial score (nSPS) is 12.2. The molecule has 0 bridgehead atoms. The van der Waals surface area contributed by atoms with E-state index in [4.69, 9.17) is 18.9 Å². The zero-order chi connectivity index (χ0) is 27.9. The molecular weight excluding hydrogens is 542 g/mol. The van der Waals surface area contributed by atoms with Gasteiger partial charge in [-0.1, -0.05) is 42.5 Å². The molecule has 0 saturated heterocycles. The maximum absolute atomic E-state index is 13.0. The fourth-order valence-electron chi connectivity index (χ4n) is 5.20. The first kappa shape index (κ1) is 24.9. The summed E-state index contributed by atoms with van der Waals surface area (Å²) in [5, 5.41) is 11.3. The Hall–Kier alpha value is -5.09. The van der Waals surface area contributed by atoms with Gasteiger partial charge in [0.25, 0.3) is 0 Å².